The number of hydrogen-bond acceptors (Lipinski definition) is 4. The Morgan fingerprint density at radius 2 is 2.25 bits per heavy atom. The Balaban J connectivity index is 1.81. The molecule has 88 valence electrons. The maximum Gasteiger partial charge on any atom is 0.288 e. The molecule has 1 heterocycles. The van der Waals surface area contributed by atoms with Crippen LogP contribution in [0, 0.1) is 0 Å². The van der Waals surface area contributed by atoms with E-state index in [0.717, 1.165) is 18.1 Å². The minimum atomic E-state index is -0.148. The van der Waals surface area contributed by atoms with Crippen LogP contribution in [0.4, 0.5) is 0 Å². The number of rotatable bonds is 3. The van der Waals surface area contributed by atoms with E-state index in [2.05, 4.69) is 26.8 Å². The second-order valence-electron chi connectivity index (χ2n) is 4.02. The molecule has 1 aromatic heterocycles. The predicted octanol–water partition coefficient (Wildman–Crippen LogP) is 1.21. The molecule has 0 unspecified atom stereocenters. The van der Waals surface area contributed by atoms with E-state index in [1.165, 1.54) is 19.2 Å². The van der Waals surface area contributed by atoms with E-state index in [0.29, 0.717) is 11.9 Å². The number of aromatic amines is 1. The van der Waals surface area contributed by atoms with Gasteiger partial charge in [-0.2, -0.15) is 16.9 Å². The Labute approximate surface area is 98.8 Å². The molecule has 2 rings (SSSR count). The number of aromatic nitrogens is 3. The van der Waals surface area contributed by atoms with Crippen molar-refractivity contribution in [3.63, 3.8) is 0 Å². The standard InChI is InChI=1S/C10H16N4OS/c1-16-8-4-2-7(3-5-8)13-10(15)9-11-6-12-14-9/h6-8H,2-5H2,1H3,(H,13,15)(H,11,12,14). The first-order valence-corrected chi connectivity index (χ1v) is 6.77. The second kappa shape index (κ2) is 5.34. The molecule has 0 aromatic carbocycles. The maximum atomic E-state index is 11.7. The summed E-state index contributed by atoms with van der Waals surface area (Å²) in [7, 11) is 0. The van der Waals surface area contributed by atoms with Crippen LogP contribution in [-0.4, -0.2) is 38.6 Å². The van der Waals surface area contributed by atoms with Crippen LogP contribution < -0.4 is 5.32 Å². The molecule has 16 heavy (non-hydrogen) atoms. The molecule has 5 nitrogen and oxygen atoms in total. The van der Waals surface area contributed by atoms with Crippen molar-refractivity contribution in [1.29, 1.82) is 0 Å². The first-order valence-electron chi connectivity index (χ1n) is 5.48. The molecule has 0 spiro atoms. The summed E-state index contributed by atoms with van der Waals surface area (Å²) in [6, 6.07) is 0.293. The number of nitrogens with one attached hydrogen (secondary N) is 2. The van der Waals surface area contributed by atoms with E-state index in [4.69, 9.17) is 0 Å². The molecule has 0 radical (unpaired) electrons. The summed E-state index contributed by atoms with van der Waals surface area (Å²) in [6.45, 7) is 0. The largest absolute Gasteiger partial charge is 0.347 e. The summed E-state index contributed by atoms with van der Waals surface area (Å²) in [4.78, 5) is 15.5. The quantitative estimate of drug-likeness (QED) is 0.833. The van der Waals surface area contributed by atoms with Gasteiger partial charge in [-0.25, -0.2) is 4.98 Å². The van der Waals surface area contributed by atoms with Gasteiger partial charge in [-0.3, -0.25) is 9.89 Å². The van der Waals surface area contributed by atoms with Gasteiger partial charge in [-0.05, 0) is 31.9 Å². The number of carbonyl (C=O) groups excluding carboxylic acids is 1. The molecule has 1 aliphatic rings. The van der Waals surface area contributed by atoms with Gasteiger partial charge in [0.15, 0.2) is 0 Å². The van der Waals surface area contributed by atoms with Crippen molar-refractivity contribution in [2.45, 2.75) is 37.0 Å². The summed E-state index contributed by atoms with van der Waals surface area (Å²) in [6.07, 6.45) is 7.99. The van der Waals surface area contributed by atoms with Gasteiger partial charge in [-0.15, -0.1) is 0 Å². The zero-order valence-corrected chi connectivity index (χ0v) is 10.1. The van der Waals surface area contributed by atoms with Crippen molar-refractivity contribution >= 4 is 17.7 Å². The molecule has 1 aromatic rings. The van der Waals surface area contributed by atoms with Crippen LogP contribution in [0.15, 0.2) is 6.33 Å². The topological polar surface area (TPSA) is 70.7 Å². The summed E-state index contributed by atoms with van der Waals surface area (Å²) in [5.74, 6) is 0.150. The summed E-state index contributed by atoms with van der Waals surface area (Å²) in [5.41, 5.74) is 0. The fourth-order valence-electron chi connectivity index (χ4n) is 2.01. The van der Waals surface area contributed by atoms with Crippen LogP contribution in [0.2, 0.25) is 0 Å². The predicted molar refractivity (Wildman–Crippen MR) is 63.4 cm³/mol. The maximum absolute atomic E-state index is 11.7. The number of amides is 1. The lowest BCUT2D eigenvalue weighted by molar-refractivity contribution is 0.0918. The average Bonchev–Trinajstić information content (AvgIpc) is 2.83. The lowest BCUT2D eigenvalue weighted by atomic mass is 9.95. The smallest absolute Gasteiger partial charge is 0.288 e. The molecule has 0 bridgehead atoms. The van der Waals surface area contributed by atoms with Crippen LogP contribution in [0.25, 0.3) is 0 Å². The number of nitrogens with zero attached hydrogens (tertiary/aromatic N) is 2. The van der Waals surface area contributed by atoms with Gasteiger partial charge >= 0.3 is 0 Å². The Kier molecular flexibility index (Phi) is 3.82. The molecular weight excluding hydrogens is 224 g/mol. The van der Waals surface area contributed by atoms with Gasteiger partial charge in [0, 0.05) is 11.3 Å². The van der Waals surface area contributed by atoms with Crippen LogP contribution in [0.1, 0.15) is 36.3 Å². The SMILES string of the molecule is CSC1CCC(NC(=O)c2ncn[nH]2)CC1. The first-order chi connectivity index (χ1) is 7.79. The lowest BCUT2D eigenvalue weighted by Gasteiger charge is -2.27. The molecule has 1 fully saturated rings. The normalized spacial score (nSPS) is 25.3. The number of hydrogen-bond donors (Lipinski definition) is 2. The van der Waals surface area contributed by atoms with E-state index in [1.54, 1.807) is 0 Å². The van der Waals surface area contributed by atoms with Gasteiger partial charge in [0.05, 0.1) is 0 Å². The zero-order chi connectivity index (χ0) is 11.4. The minimum absolute atomic E-state index is 0.148. The van der Waals surface area contributed by atoms with Gasteiger partial charge < -0.3 is 5.32 Å². The second-order valence-corrected chi connectivity index (χ2v) is 5.15. The Morgan fingerprint density at radius 1 is 1.50 bits per heavy atom. The molecule has 1 aliphatic carbocycles. The van der Waals surface area contributed by atoms with Crippen molar-refractivity contribution in [2.24, 2.45) is 0 Å². The Bertz CT molecular complexity index is 333. The highest BCUT2D eigenvalue weighted by atomic mass is 32.2. The van der Waals surface area contributed by atoms with Gasteiger partial charge in [0.1, 0.15) is 6.33 Å². The third kappa shape index (κ3) is 2.75. The molecule has 0 aliphatic heterocycles. The van der Waals surface area contributed by atoms with E-state index in [1.807, 2.05) is 11.8 Å². The van der Waals surface area contributed by atoms with Gasteiger partial charge in [0.25, 0.3) is 5.91 Å². The third-order valence-corrected chi connectivity index (χ3v) is 4.11. The third-order valence-electron chi connectivity index (χ3n) is 2.97. The fraction of sp³-hybridized carbons (Fsp3) is 0.700. The highest BCUT2D eigenvalue weighted by Crippen LogP contribution is 2.26. The molecule has 1 saturated carbocycles. The average molecular weight is 240 g/mol. The Morgan fingerprint density at radius 3 is 2.81 bits per heavy atom. The molecule has 2 N–H and O–H groups in total. The first kappa shape index (κ1) is 11.4. The van der Waals surface area contributed by atoms with Crippen LogP contribution >= 0.6 is 11.8 Å². The van der Waals surface area contributed by atoms with Crippen molar-refractivity contribution in [1.82, 2.24) is 20.5 Å². The van der Waals surface area contributed by atoms with E-state index in [9.17, 15) is 4.79 Å². The van der Waals surface area contributed by atoms with Crippen LogP contribution in [0.5, 0.6) is 0 Å². The van der Waals surface area contributed by atoms with Gasteiger partial charge in [-0.1, -0.05) is 0 Å². The van der Waals surface area contributed by atoms with Gasteiger partial charge in [0.2, 0.25) is 5.82 Å². The van der Waals surface area contributed by atoms with E-state index >= 15 is 0 Å². The van der Waals surface area contributed by atoms with Crippen molar-refractivity contribution in [2.75, 3.05) is 6.26 Å². The number of carbonyl (C=O) groups is 1. The van der Waals surface area contributed by atoms with E-state index in [-0.39, 0.29) is 5.91 Å². The number of H-pyrrole nitrogens is 1. The lowest BCUT2D eigenvalue weighted by Crippen LogP contribution is -2.38. The zero-order valence-electron chi connectivity index (χ0n) is 9.27. The van der Waals surface area contributed by atoms with Crippen molar-refractivity contribution in [3.05, 3.63) is 12.2 Å². The summed E-state index contributed by atoms with van der Waals surface area (Å²) >= 11 is 1.92. The molecule has 0 saturated heterocycles. The molecular formula is C10H16N4OS. The molecule has 0 atom stereocenters. The number of thioether (sulfide) groups is 1. The van der Waals surface area contributed by atoms with E-state index < -0.39 is 0 Å². The highest BCUT2D eigenvalue weighted by molar-refractivity contribution is 7.99. The molecule has 1 amide bonds. The van der Waals surface area contributed by atoms with Crippen LogP contribution in [-0.2, 0) is 0 Å². The van der Waals surface area contributed by atoms with Crippen molar-refractivity contribution < 1.29 is 4.79 Å². The van der Waals surface area contributed by atoms with Crippen LogP contribution in [0.3, 0.4) is 0 Å². The summed E-state index contributed by atoms with van der Waals surface area (Å²) < 4.78 is 0. The highest BCUT2D eigenvalue weighted by Gasteiger charge is 2.22. The Hall–Kier alpha value is -1.04. The monoisotopic (exact) mass is 240 g/mol. The fourth-order valence-corrected chi connectivity index (χ4v) is 2.76. The molecule has 6 heteroatoms. The minimum Gasteiger partial charge on any atom is -0.347 e. The summed E-state index contributed by atoms with van der Waals surface area (Å²) in [5, 5.41) is 9.98. The van der Waals surface area contributed by atoms with Crippen molar-refractivity contribution in [3.8, 4) is 0 Å².